The van der Waals surface area contributed by atoms with Crippen LogP contribution >= 0.6 is 15.9 Å². The molecule has 7 heteroatoms. The predicted molar refractivity (Wildman–Crippen MR) is 86.1 cm³/mol. The van der Waals surface area contributed by atoms with E-state index in [1.165, 1.54) is 4.31 Å². The molecule has 0 fully saturated rings. The second kappa shape index (κ2) is 6.89. The molecule has 2 N–H and O–H groups in total. The Morgan fingerprint density at radius 1 is 1.35 bits per heavy atom. The van der Waals surface area contributed by atoms with Crippen LogP contribution in [0.15, 0.2) is 27.6 Å². The van der Waals surface area contributed by atoms with Gasteiger partial charge >= 0.3 is 0 Å². The van der Waals surface area contributed by atoms with E-state index in [9.17, 15) is 8.42 Å². The standard InChI is InChI=1S/C13H22BrN3O2S/c1-5-17(10(2)9-16(3)4)20(18,19)11-6-7-13(15)12(14)8-11/h6-8,10H,5,9,15H2,1-4H3. The molecule has 1 aromatic rings. The molecule has 0 heterocycles. The number of anilines is 1. The van der Waals surface area contributed by atoms with Crippen LogP contribution in [-0.2, 0) is 10.0 Å². The van der Waals surface area contributed by atoms with Crippen LogP contribution < -0.4 is 5.73 Å². The summed E-state index contributed by atoms with van der Waals surface area (Å²) >= 11 is 3.27. The summed E-state index contributed by atoms with van der Waals surface area (Å²) in [7, 11) is 0.341. The van der Waals surface area contributed by atoms with E-state index in [4.69, 9.17) is 5.73 Å². The molecule has 1 aromatic carbocycles. The number of likely N-dealkylation sites (N-methyl/N-ethyl adjacent to an activating group) is 2. The Morgan fingerprint density at radius 3 is 2.40 bits per heavy atom. The fourth-order valence-corrected chi connectivity index (χ4v) is 4.33. The third kappa shape index (κ3) is 3.94. The third-order valence-electron chi connectivity index (χ3n) is 3.01. The Kier molecular flexibility index (Phi) is 6.00. The minimum atomic E-state index is -3.51. The molecule has 0 radical (unpaired) electrons. The van der Waals surface area contributed by atoms with Crippen molar-refractivity contribution in [3.8, 4) is 0 Å². The van der Waals surface area contributed by atoms with Gasteiger partial charge in [0.1, 0.15) is 0 Å². The molecule has 0 bridgehead atoms. The van der Waals surface area contributed by atoms with E-state index in [2.05, 4.69) is 15.9 Å². The molecule has 1 unspecified atom stereocenters. The van der Waals surface area contributed by atoms with Crippen molar-refractivity contribution < 1.29 is 8.42 Å². The zero-order chi connectivity index (χ0) is 15.5. The summed E-state index contributed by atoms with van der Waals surface area (Å²) in [6.45, 7) is 4.85. The zero-order valence-electron chi connectivity index (χ0n) is 12.3. The summed E-state index contributed by atoms with van der Waals surface area (Å²) in [5.41, 5.74) is 6.23. The zero-order valence-corrected chi connectivity index (χ0v) is 14.7. The SMILES string of the molecule is CCN(C(C)CN(C)C)S(=O)(=O)c1ccc(N)c(Br)c1. The molecule has 1 atom stereocenters. The number of nitrogens with two attached hydrogens (primary N) is 1. The largest absolute Gasteiger partial charge is 0.398 e. The number of benzene rings is 1. The second-order valence-electron chi connectivity index (χ2n) is 5.00. The van der Waals surface area contributed by atoms with Crippen LogP contribution in [0.5, 0.6) is 0 Å². The predicted octanol–water partition coefficient (Wildman–Crippen LogP) is 1.99. The van der Waals surface area contributed by atoms with E-state index >= 15 is 0 Å². The molecule has 0 saturated heterocycles. The van der Waals surface area contributed by atoms with Gasteiger partial charge < -0.3 is 10.6 Å². The fraction of sp³-hybridized carbons (Fsp3) is 0.538. The monoisotopic (exact) mass is 363 g/mol. The lowest BCUT2D eigenvalue weighted by molar-refractivity contribution is 0.271. The Hall–Kier alpha value is -0.630. The minimum Gasteiger partial charge on any atom is -0.398 e. The van der Waals surface area contributed by atoms with Gasteiger partial charge in [-0.15, -0.1) is 0 Å². The van der Waals surface area contributed by atoms with Crippen molar-refractivity contribution in [3.63, 3.8) is 0 Å². The molecule has 20 heavy (non-hydrogen) atoms. The van der Waals surface area contributed by atoms with Crippen LogP contribution in [0.3, 0.4) is 0 Å². The highest BCUT2D eigenvalue weighted by Crippen LogP contribution is 2.26. The lowest BCUT2D eigenvalue weighted by atomic mass is 10.3. The molecule has 0 aliphatic heterocycles. The van der Waals surface area contributed by atoms with Gasteiger partial charge in [-0.05, 0) is 55.1 Å². The summed E-state index contributed by atoms with van der Waals surface area (Å²) in [5, 5.41) is 0. The highest BCUT2D eigenvalue weighted by atomic mass is 79.9. The van der Waals surface area contributed by atoms with E-state index in [0.717, 1.165) is 0 Å². The number of nitrogen functional groups attached to an aromatic ring is 1. The quantitative estimate of drug-likeness (QED) is 0.784. The molecular weight excluding hydrogens is 342 g/mol. The fourth-order valence-electron chi connectivity index (χ4n) is 2.14. The normalized spacial score (nSPS) is 13.9. The van der Waals surface area contributed by atoms with Crippen LogP contribution in [0.4, 0.5) is 5.69 Å². The van der Waals surface area contributed by atoms with Crippen LogP contribution in [0.1, 0.15) is 13.8 Å². The Bertz CT molecular complexity index is 561. The molecule has 0 aliphatic rings. The van der Waals surface area contributed by atoms with Crippen LogP contribution in [0, 0.1) is 0 Å². The van der Waals surface area contributed by atoms with Crippen molar-refractivity contribution in [2.75, 3.05) is 32.9 Å². The number of hydrogen-bond donors (Lipinski definition) is 1. The lowest BCUT2D eigenvalue weighted by Gasteiger charge is -2.29. The highest BCUT2D eigenvalue weighted by molar-refractivity contribution is 9.10. The topological polar surface area (TPSA) is 66.6 Å². The third-order valence-corrected chi connectivity index (χ3v) is 5.78. The first kappa shape index (κ1) is 17.4. The van der Waals surface area contributed by atoms with Gasteiger partial charge in [0.05, 0.1) is 4.90 Å². The lowest BCUT2D eigenvalue weighted by Crippen LogP contribution is -2.43. The van der Waals surface area contributed by atoms with Crippen molar-refractivity contribution in [2.45, 2.75) is 24.8 Å². The number of sulfonamides is 1. The number of hydrogen-bond acceptors (Lipinski definition) is 4. The number of halogens is 1. The van der Waals surface area contributed by atoms with Gasteiger partial charge in [-0.25, -0.2) is 8.42 Å². The molecule has 114 valence electrons. The van der Waals surface area contributed by atoms with Crippen LogP contribution in [0.2, 0.25) is 0 Å². The second-order valence-corrected chi connectivity index (χ2v) is 7.75. The summed E-state index contributed by atoms with van der Waals surface area (Å²) in [4.78, 5) is 2.23. The first-order valence-electron chi connectivity index (χ1n) is 6.41. The molecular formula is C13H22BrN3O2S. The molecule has 1 rings (SSSR count). The average Bonchev–Trinajstić information content (AvgIpc) is 2.31. The van der Waals surface area contributed by atoms with Gasteiger partial charge in [0.25, 0.3) is 0 Å². The summed E-state index contributed by atoms with van der Waals surface area (Å²) < 4.78 is 27.5. The minimum absolute atomic E-state index is 0.101. The highest BCUT2D eigenvalue weighted by Gasteiger charge is 2.28. The maximum atomic E-state index is 12.7. The maximum absolute atomic E-state index is 12.7. The van der Waals surface area contributed by atoms with Gasteiger partial charge in [0.2, 0.25) is 10.0 Å². The number of rotatable bonds is 6. The van der Waals surface area contributed by atoms with Crippen molar-refractivity contribution in [1.82, 2.24) is 9.21 Å². The Balaban J connectivity index is 3.14. The van der Waals surface area contributed by atoms with E-state index in [1.54, 1.807) is 18.2 Å². The van der Waals surface area contributed by atoms with E-state index in [1.807, 2.05) is 32.8 Å². The van der Waals surface area contributed by atoms with Gasteiger partial charge in [-0.3, -0.25) is 0 Å². The molecule has 0 spiro atoms. The summed E-state index contributed by atoms with van der Waals surface area (Å²) in [6.07, 6.45) is 0. The maximum Gasteiger partial charge on any atom is 0.243 e. The van der Waals surface area contributed by atoms with Gasteiger partial charge in [0, 0.05) is 29.3 Å². The van der Waals surface area contributed by atoms with Crippen molar-refractivity contribution in [3.05, 3.63) is 22.7 Å². The van der Waals surface area contributed by atoms with Crippen LogP contribution in [-0.4, -0.2) is 50.8 Å². The van der Waals surface area contributed by atoms with E-state index in [-0.39, 0.29) is 10.9 Å². The van der Waals surface area contributed by atoms with Crippen LogP contribution in [0.25, 0.3) is 0 Å². The molecule has 0 aromatic heterocycles. The number of nitrogens with zero attached hydrogens (tertiary/aromatic N) is 2. The van der Waals surface area contributed by atoms with Gasteiger partial charge in [-0.1, -0.05) is 6.92 Å². The van der Waals surface area contributed by atoms with Crippen molar-refractivity contribution in [1.29, 1.82) is 0 Å². The molecule has 0 amide bonds. The van der Waals surface area contributed by atoms with E-state index in [0.29, 0.717) is 23.2 Å². The smallest absolute Gasteiger partial charge is 0.243 e. The van der Waals surface area contributed by atoms with Crippen molar-refractivity contribution in [2.24, 2.45) is 0 Å². The van der Waals surface area contributed by atoms with Crippen molar-refractivity contribution >= 4 is 31.6 Å². The first-order valence-corrected chi connectivity index (χ1v) is 8.65. The first-order chi connectivity index (χ1) is 9.20. The van der Waals surface area contributed by atoms with E-state index < -0.39 is 10.0 Å². The molecule has 5 nitrogen and oxygen atoms in total. The molecule has 0 aliphatic carbocycles. The van der Waals surface area contributed by atoms with Gasteiger partial charge in [-0.2, -0.15) is 4.31 Å². The Labute approximate surface area is 129 Å². The summed E-state index contributed by atoms with van der Waals surface area (Å²) in [6, 6.07) is 4.59. The Morgan fingerprint density at radius 2 is 1.95 bits per heavy atom. The molecule has 0 saturated carbocycles. The van der Waals surface area contributed by atoms with Gasteiger partial charge in [0.15, 0.2) is 0 Å². The summed E-state index contributed by atoms with van der Waals surface area (Å²) in [5.74, 6) is 0. The average molecular weight is 364 g/mol.